The topological polar surface area (TPSA) is 27.7 Å². The maximum atomic E-state index is 5.80. The Morgan fingerprint density at radius 1 is 1.00 bits per heavy atom. The van der Waals surface area contributed by atoms with Crippen molar-refractivity contribution in [2.75, 3.05) is 13.2 Å². The fraction of sp³-hybridized carbons (Fsp3) is 0.200. The molecular weight excluding hydrogens is 308 g/mol. The summed E-state index contributed by atoms with van der Waals surface area (Å²) in [5.74, 6) is 1.58. The second kappa shape index (κ2) is 5.74. The largest absolute Gasteiger partial charge is 0.456 e. The smallest absolute Gasteiger partial charge is 0.184 e. The van der Waals surface area contributed by atoms with Crippen LogP contribution in [0, 0.1) is 0 Å². The van der Waals surface area contributed by atoms with Crippen LogP contribution in [0.4, 0.5) is 0 Å². The summed E-state index contributed by atoms with van der Waals surface area (Å²) < 4.78 is 17.6. The fourth-order valence-electron chi connectivity index (χ4n) is 1.91. The second-order valence-electron chi connectivity index (χ2n) is 4.18. The van der Waals surface area contributed by atoms with Gasteiger partial charge in [0.1, 0.15) is 11.5 Å². The van der Waals surface area contributed by atoms with Gasteiger partial charge in [-0.3, -0.25) is 0 Å². The highest BCUT2D eigenvalue weighted by Crippen LogP contribution is 2.33. The molecule has 2 aromatic carbocycles. The number of para-hydroxylation sites is 1. The first kappa shape index (κ1) is 12.7. The second-order valence-corrected chi connectivity index (χ2v) is 5.03. The van der Waals surface area contributed by atoms with Crippen molar-refractivity contribution in [3.05, 3.63) is 58.6 Å². The molecule has 3 nitrogen and oxygen atoms in total. The van der Waals surface area contributed by atoms with E-state index in [1.54, 1.807) is 0 Å². The summed E-state index contributed by atoms with van der Waals surface area (Å²) in [6.07, 6.45) is -0.262. The van der Waals surface area contributed by atoms with Crippen LogP contribution in [0.25, 0.3) is 0 Å². The van der Waals surface area contributed by atoms with Gasteiger partial charge in [0, 0.05) is 5.56 Å². The normalized spacial score (nSPS) is 15.6. The molecule has 2 aromatic rings. The van der Waals surface area contributed by atoms with Gasteiger partial charge in [-0.1, -0.05) is 24.3 Å². The first-order valence-corrected chi connectivity index (χ1v) is 6.88. The average Bonchev–Trinajstić information content (AvgIpc) is 2.96. The molecule has 1 aliphatic heterocycles. The third-order valence-corrected chi connectivity index (χ3v) is 3.44. The lowest BCUT2D eigenvalue weighted by Gasteiger charge is -2.12. The van der Waals surface area contributed by atoms with Crippen molar-refractivity contribution in [3.8, 4) is 11.5 Å². The average molecular weight is 321 g/mol. The van der Waals surface area contributed by atoms with E-state index in [1.165, 1.54) is 0 Å². The molecule has 0 amide bonds. The highest BCUT2D eigenvalue weighted by molar-refractivity contribution is 9.10. The number of ether oxygens (including phenoxy) is 3. The Labute approximate surface area is 120 Å². The van der Waals surface area contributed by atoms with Gasteiger partial charge in [0.15, 0.2) is 6.29 Å². The Balaban J connectivity index is 1.79. The molecule has 98 valence electrons. The standard InChI is InChI=1S/C15H13BrO3/c16-13-10-11(15-17-8-9-18-15)6-7-14(13)19-12-4-2-1-3-5-12/h1-7,10,15H,8-9H2. The summed E-state index contributed by atoms with van der Waals surface area (Å²) in [6.45, 7) is 1.29. The predicted octanol–water partition coefficient (Wildman–Crippen LogP) is 4.29. The van der Waals surface area contributed by atoms with Crippen LogP contribution in [0.15, 0.2) is 53.0 Å². The minimum Gasteiger partial charge on any atom is -0.456 e. The molecule has 0 spiro atoms. The monoisotopic (exact) mass is 320 g/mol. The molecule has 1 aliphatic rings. The van der Waals surface area contributed by atoms with E-state index in [1.807, 2.05) is 48.5 Å². The van der Waals surface area contributed by atoms with E-state index in [0.29, 0.717) is 13.2 Å². The molecule has 0 bridgehead atoms. The zero-order valence-corrected chi connectivity index (χ0v) is 11.8. The molecule has 19 heavy (non-hydrogen) atoms. The quantitative estimate of drug-likeness (QED) is 0.844. The van der Waals surface area contributed by atoms with Gasteiger partial charge in [-0.2, -0.15) is 0 Å². The molecule has 4 heteroatoms. The summed E-state index contributed by atoms with van der Waals surface area (Å²) in [5, 5.41) is 0. The molecule has 3 rings (SSSR count). The van der Waals surface area contributed by atoms with Crippen molar-refractivity contribution in [2.24, 2.45) is 0 Å². The van der Waals surface area contributed by atoms with Gasteiger partial charge < -0.3 is 14.2 Å². The van der Waals surface area contributed by atoms with Crippen LogP contribution in [-0.4, -0.2) is 13.2 Å². The number of hydrogen-bond acceptors (Lipinski definition) is 3. The summed E-state index contributed by atoms with van der Waals surface area (Å²) in [6, 6.07) is 15.5. The number of hydrogen-bond donors (Lipinski definition) is 0. The first-order chi connectivity index (χ1) is 9.33. The van der Waals surface area contributed by atoms with Gasteiger partial charge in [0.25, 0.3) is 0 Å². The molecular formula is C15H13BrO3. The van der Waals surface area contributed by atoms with Crippen molar-refractivity contribution < 1.29 is 14.2 Å². The van der Waals surface area contributed by atoms with Crippen molar-refractivity contribution in [2.45, 2.75) is 6.29 Å². The maximum Gasteiger partial charge on any atom is 0.184 e. The van der Waals surface area contributed by atoms with Crippen LogP contribution in [-0.2, 0) is 9.47 Å². The number of halogens is 1. The van der Waals surface area contributed by atoms with Crippen LogP contribution >= 0.6 is 15.9 Å². The van der Waals surface area contributed by atoms with Crippen molar-refractivity contribution in [1.82, 2.24) is 0 Å². The van der Waals surface area contributed by atoms with Gasteiger partial charge in [-0.15, -0.1) is 0 Å². The van der Waals surface area contributed by atoms with Crippen LogP contribution < -0.4 is 4.74 Å². The van der Waals surface area contributed by atoms with Crippen molar-refractivity contribution in [3.63, 3.8) is 0 Å². The lowest BCUT2D eigenvalue weighted by molar-refractivity contribution is -0.0441. The third kappa shape index (κ3) is 2.97. The molecule has 1 fully saturated rings. The van der Waals surface area contributed by atoms with Crippen molar-refractivity contribution in [1.29, 1.82) is 0 Å². The van der Waals surface area contributed by atoms with Crippen LogP contribution in [0.3, 0.4) is 0 Å². The summed E-state index contributed by atoms with van der Waals surface area (Å²) in [7, 11) is 0. The Hall–Kier alpha value is -1.36. The van der Waals surface area contributed by atoms with E-state index in [2.05, 4.69) is 15.9 Å². The molecule has 0 radical (unpaired) electrons. The lowest BCUT2D eigenvalue weighted by atomic mass is 10.2. The summed E-state index contributed by atoms with van der Waals surface area (Å²) in [5.41, 5.74) is 0.991. The summed E-state index contributed by atoms with van der Waals surface area (Å²) >= 11 is 3.52. The van der Waals surface area contributed by atoms with E-state index < -0.39 is 0 Å². The van der Waals surface area contributed by atoms with Crippen LogP contribution in [0.5, 0.6) is 11.5 Å². The Bertz CT molecular complexity index is 551. The Kier molecular flexibility index (Phi) is 3.82. The fourth-order valence-corrected chi connectivity index (χ4v) is 2.39. The molecule has 1 heterocycles. The highest BCUT2D eigenvalue weighted by Gasteiger charge is 2.19. The zero-order chi connectivity index (χ0) is 13.1. The molecule has 0 unspecified atom stereocenters. The van der Waals surface area contributed by atoms with E-state index in [4.69, 9.17) is 14.2 Å². The molecule has 1 saturated heterocycles. The van der Waals surface area contributed by atoms with Gasteiger partial charge >= 0.3 is 0 Å². The van der Waals surface area contributed by atoms with Crippen LogP contribution in [0.1, 0.15) is 11.9 Å². The van der Waals surface area contributed by atoms with E-state index in [0.717, 1.165) is 21.5 Å². The predicted molar refractivity (Wildman–Crippen MR) is 75.3 cm³/mol. The van der Waals surface area contributed by atoms with Crippen LogP contribution in [0.2, 0.25) is 0 Å². The maximum absolute atomic E-state index is 5.80. The lowest BCUT2D eigenvalue weighted by Crippen LogP contribution is -1.98. The minimum atomic E-state index is -0.262. The highest BCUT2D eigenvalue weighted by atomic mass is 79.9. The van der Waals surface area contributed by atoms with E-state index in [-0.39, 0.29) is 6.29 Å². The molecule has 0 aromatic heterocycles. The van der Waals surface area contributed by atoms with E-state index in [9.17, 15) is 0 Å². The van der Waals surface area contributed by atoms with E-state index >= 15 is 0 Å². The summed E-state index contributed by atoms with van der Waals surface area (Å²) in [4.78, 5) is 0. The Morgan fingerprint density at radius 2 is 1.74 bits per heavy atom. The number of benzene rings is 2. The van der Waals surface area contributed by atoms with Gasteiger partial charge in [0.05, 0.1) is 17.7 Å². The van der Waals surface area contributed by atoms with Gasteiger partial charge in [-0.25, -0.2) is 0 Å². The molecule has 0 N–H and O–H groups in total. The minimum absolute atomic E-state index is 0.262. The zero-order valence-electron chi connectivity index (χ0n) is 10.2. The van der Waals surface area contributed by atoms with Gasteiger partial charge in [0.2, 0.25) is 0 Å². The molecule has 0 atom stereocenters. The molecule has 0 saturated carbocycles. The SMILES string of the molecule is Brc1cc(C2OCCO2)ccc1Oc1ccccc1. The van der Waals surface area contributed by atoms with Gasteiger partial charge in [-0.05, 0) is 40.2 Å². The first-order valence-electron chi connectivity index (χ1n) is 6.08. The van der Waals surface area contributed by atoms with Crippen molar-refractivity contribution >= 4 is 15.9 Å². The Morgan fingerprint density at radius 3 is 2.42 bits per heavy atom. The molecule has 0 aliphatic carbocycles. The third-order valence-electron chi connectivity index (χ3n) is 2.82. The number of rotatable bonds is 3.